The molecular weight excluding hydrogens is 585 g/mol. The van der Waals surface area contributed by atoms with E-state index in [2.05, 4.69) is 103 Å². The van der Waals surface area contributed by atoms with Gasteiger partial charge in [0.2, 0.25) is 16.6 Å². The summed E-state index contributed by atoms with van der Waals surface area (Å²) in [5.74, 6) is -1.37. The van der Waals surface area contributed by atoms with Crippen LogP contribution in [0.15, 0.2) is 23.8 Å². The second kappa shape index (κ2) is 20.1. The zero-order chi connectivity index (χ0) is 34.5. The Hall–Kier alpha value is -0.326. The topological polar surface area (TPSA) is 66.4 Å². The molecule has 3 atom stereocenters. The van der Waals surface area contributed by atoms with Gasteiger partial charge < -0.3 is 28.2 Å². The Labute approximate surface area is 276 Å². The molecule has 0 saturated heterocycles. The molecule has 8 heteroatoms. The summed E-state index contributed by atoms with van der Waals surface area (Å²) < 4.78 is 31.9. The summed E-state index contributed by atoms with van der Waals surface area (Å²) in [5, 5.41) is 11.6. The predicted molar refractivity (Wildman–Crippen MR) is 193 cm³/mol. The van der Waals surface area contributed by atoms with Crippen LogP contribution in [-0.4, -0.2) is 66.3 Å². The third-order valence-corrected chi connectivity index (χ3v) is 21.9. The van der Waals surface area contributed by atoms with Crippen LogP contribution in [-0.2, 0) is 23.1 Å². The number of rotatable bonds is 23. The third kappa shape index (κ3) is 11.1. The number of aliphatic hydroxyl groups is 1. The summed E-state index contributed by atoms with van der Waals surface area (Å²) in [5.41, 5.74) is 4.02. The summed E-state index contributed by atoms with van der Waals surface area (Å²) in [6, 6.07) is 0. The lowest BCUT2D eigenvalue weighted by molar-refractivity contribution is -0.345. The molecule has 0 rings (SSSR count). The van der Waals surface area contributed by atoms with Gasteiger partial charge in [-0.2, -0.15) is 0 Å². The fraction of sp³-hybridized carbons (Fsp3) is 0.889. The molecule has 0 amide bonds. The standard InChI is InChI=1S/C36H74O6Si2/c1-18-38-36(39-19-2,40-20-3)24-21-22-34(37)33(17)35(42-44(29(10)11,30(12)13)31(14)15)32(16)23-25-41-43(26(4)5,27(6)7)28(8)9/h21,23-24,26-31,33-35,37H,18-20,22,25H2,1-17H3/b24-21+,32-23-/t33-,34-,35-/m0/s1. The molecule has 1 N–H and O–H groups in total. The minimum Gasteiger partial charge on any atom is -0.412 e. The molecule has 0 spiro atoms. The summed E-state index contributed by atoms with van der Waals surface area (Å²) >= 11 is 0. The number of hydrogen-bond acceptors (Lipinski definition) is 6. The van der Waals surface area contributed by atoms with Crippen LogP contribution in [0.1, 0.15) is 124 Å². The van der Waals surface area contributed by atoms with Crippen LogP contribution in [0, 0.1) is 5.92 Å². The van der Waals surface area contributed by atoms with Gasteiger partial charge >= 0.3 is 5.97 Å². The Kier molecular flexibility index (Phi) is 20.0. The van der Waals surface area contributed by atoms with E-state index in [0.717, 1.165) is 5.57 Å². The minimum atomic E-state index is -2.25. The highest BCUT2D eigenvalue weighted by molar-refractivity contribution is 6.78. The van der Waals surface area contributed by atoms with Gasteiger partial charge in [0.15, 0.2) is 0 Å². The van der Waals surface area contributed by atoms with Crippen molar-refractivity contribution < 1.29 is 28.2 Å². The van der Waals surface area contributed by atoms with E-state index in [1.165, 1.54) is 0 Å². The second-order valence-electron chi connectivity index (χ2n) is 14.4. The van der Waals surface area contributed by atoms with E-state index in [0.29, 0.717) is 66.1 Å². The molecule has 0 bridgehead atoms. The largest absolute Gasteiger partial charge is 0.412 e. The van der Waals surface area contributed by atoms with Crippen LogP contribution in [0.4, 0.5) is 0 Å². The van der Waals surface area contributed by atoms with Crippen molar-refractivity contribution >= 4 is 16.6 Å². The van der Waals surface area contributed by atoms with Crippen molar-refractivity contribution in [2.45, 2.75) is 176 Å². The molecular formula is C36H74O6Si2. The first kappa shape index (κ1) is 43.7. The van der Waals surface area contributed by atoms with Crippen LogP contribution in [0.5, 0.6) is 0 Å². The van der Waals surface area contributed by atoms with Gasteiger partial charge in [0.1, 0.15) is 0 Å². The Bertz CT molecular complexity index is 776. The van der Waals surface area contributed by atoms with Crippen molar-refractivity contribution in [3.8, 4) is 0 Å². The number of aliphatic hydroxyl groups excluding tert-OH is 1. The zero-order valence-corrected chi connectivity index (χ0v) is 34.0. The van der Waals surface area contributed by atoms with Crippen LogP contribution < -0.4 is 0 Å². The van der Waals surface area contributed by atoms with Crippen molar-refractivity contribution in [3.05, 3.63) is 23.8 Å². The Morgan fingerprint density at radius 1 is 0.659 bits per heavy atom. The van der Waals surface area contributed by atoms with Gasteiger partial charge in [-0.25, -0.2) is 0 Å². The molecule has 0 heterocycles. The SMILES string of the molecule is CCOC(/C=C/C[C@H](O)[C@H](C)[C@@H](O[Si](C(C)C)(C(C)C)C(C)C)/C(C)=C\CO[Si](C(C)C)(C(C)C)C(C)C)(OCC)OCC. The van der Waals surface area contributed by atoms with Crippen LogP contribution >= 0.6 is 0 Å². The number of ether oxygens (including phenoxy) is 3. The second-order valence-corrected chi connectivity index (χ2v) is 25.3. The van der Waals surface area contributed by atoms with Crippen LogP contribution in [0.25, 0.3) is 0 Å². The van der Waals surface area contributed by atoms with Gasteiger partial charge in [0.25, 0.3) is 0 Å². The van der Waals surface area contributed by atoms with Gasteiger partial charge in [-0.3, -0.25) is 0 Å². The zero-order valence-electron chi connectivity index (χ0n) is 32.0. The first-order valence-electron chi connectivity index (χ1n) is 17.6. The molecule has 0 saturated carbocycles. The maximum absolute atomic E-state index is 11.6. The fourth-order valence-corrected chi connectivity index (χ4v) is 18.8. The molecule has 0 aromatic carbocycles. The van der Waals surface area contributed by atoms with E-state index in [9.17, 15) is 5.11 Å². The highest BCUT2D eigenvalue weighted by Gasteiger charge is 2.48. The smallest absolute Gasteiger partial charge is 0.304 e. The normalized spacial score (nSPS) is 16.5. The quantitative estimate of drug-likeness (QED) is 0.0669. The molecule has 0 aromatic rings. The van der Waals surface area contributed by atoms with Crippen molar-refractivity contribution in [1.82, 2.24) is 0 Å². The lowest BCUT2D eigenvalue weighted by Gasteiger charge is -2.46. The van der Waals surface area contributed by atoms with Gasteiger partial charge in [-0.05, 0) is 72.9 Å². The van der Waals surface area contributed by atoms with E-state index in [-0.39, 0.29) is 12.0 Å². The van der Waals surface area contributed by atoms with Crippen molar-refractivity contribution in [1.29, 1.82) is 0 Å². The maximum Gasteiger partial charge on any atom is 0.304 e. The summed E-state index contributed by atoms with van der Waals surface area (Å²) in [6.07, 6.45) is 5.55. The molecule has 0 unspecified atom stereocenters. The molecule has 6 nitrogen and oxygen atoms in total. The van der Waals surface area contributed by atoms with Crippen LogP contribution in [0.3, 0.4) is 0 Å². The average Bonchev–Trinajstić information content (AvgIpc) is 2.90. The molecule has 44 heavy (non-hydrogen) atoms. The van der Waals surface area contributed by atoms with E-state index in [4.69, 9.17) is 23.1 Å². The van der Waals surface area contributed by atoms with Gasteiger partial charge in [-0.15, -0.1) is 0 Å². The van der Waals surface area contributed by atoms with E-state index in [1.807, 2.05) is 26.8 Å². The lowest BCUT2D eigenvalue weighted by atomic mass is 9.91. The van der Waals surface area contributed by atoms with Crippen molar-refractivity contribution in [2.24, 2.45) is 5.92 Å². The summed E-state index contributed by atoms with van der Waals surface area (Å²) in [6.45, 7) is 39.8. The van der Waals surface area contributed by atoms with Gasteiger partial charge in [0.05, 0.1) is 18.8 Å². The van der Waals surface area contributed by atoms with E-state index >= 15 is 0 Å². The molecule has 0 aliphatic rings. The van der Waals surface area contributed by atoms with Crippen molar-refractivity contribution in [2.75, 3.05) is 26.4 Å². The highest BCUT2D eigenvalue weighted by Crippen LogP contribution is 2.45. The van der Waals surface area contributed by atoms with E-state index < -0.39 is 28.7 Å². The van der Waals surface area contributed by atoms with Gasteiger partial charge in [-0.1, -0.05) is 102 Å². The molecule has 0 radical (unpaired) electrons. The monoisotopic (exact) mass is 659 g/mol. The number of hydrogen-bond donors (Lipinski definition) is 1. The molecule has 0 fully saturated rings. The first-order chi connectivity index (χ1) is 20.4. The maximum atomic E-state index is 11.6. The molecule has 0 aliphatic heterocycles. The first-order valence-corrected chi connectivity index (χ1v) is 21.9. The predicted octanol–water partition coefficient (Wildman–Crippen LogP) is 10.4. The van der Waals surface area contributed by atoms with E-state index in [1.54, 1.807) is 6.08 Å². The summed E-state index contributed by atoms with van der Waals surface area (Å²) in [4.78, 5) is 0. The Balaban J connectivity index is 6.55. The Morgan fingerprint density at radius 3 is 1.39 bits per heavy atom. The van der Waals surface area contributed by atoms with Crippen molar-refractivity contribution in [3.63, 3.8) is 0 Å². The lowest BCUT2D eigenvalue weighted by Crippen LogP contribution is -2.52. The highest BCUT2D eigenvalue weighted by atomic mass is 28.4. The minimum absolute atomic E-state index is 0.137. The Morgan fingerprint density at radius 2 is 1.05 bits per heavy atom. The molecule has 262 valence electrons. The van der Waals surface area contributed by atoms with Crippen LogP contribution in [0.2, 0.25) is 33.2 Å². The average molecular weight is 659 g/mol. The van der Waals surface area contributed by atoms with Gasteiger partial charge in [0, 0.05) is 31.8 Å². The molecule has 0 aliphatic carbocycles. The third-order valence-electron chi connectivity index (χ3n) is 9.75. The molecule has 0 aromatic heterocycles. The summed E-state index contributed by atoms with van der Waals surface area (Å²) in [7, 11) is -4.25. The fourth-order valence-electron chi connectivity index (χ4n) is 7.82.